The first kappa shape index (κ1) is 15.9. The van der Waals surface area contributed by atoms with Gasteiger partial charge in [-0.3, -0.25) is 4.79 Å². The van der Waals surface area contributed by atoms with Crippen molar-refractivity contribution in [2.24, 2.45) is 5.92 Å². The molecule has 0 aliphatic carbocycles. The van der Waals surface area contributed by atoms with Gasteiger partial charge in [0.2, 0.25) is 15.9 Å². The van der Waals surface area contributed by atoms with Crippen LogP contribution in [0.3, 0.4) is 0 Å². The molecule has 7 nitrogen and oxygen atoms in total. The SMILES string of the molecule is CC(C)C(=O)N1CCN(S(=O)(=O)c2ccc3ncoc3c2)CC1. The summed E-state index contributed by atoms with van der Waals surface area (Å²) >= 11 is 0. The minimum Gasteiger partial charge on any atom is -0.443 e. The van der Waals surface area contributed by atoms with Crippen molar-refractivity contribution in [2.45, 2.75) is 18.7 Å². The van der Waals surface area contributed by atoms with E-state index >= 15 is 0 Å². The molecule has 124 valence electrons. The van der Waals surface area contributed by atoms with Crippen molar-refractivity contribution in [3.05, 3.63) is 24.6 Å². The Morgan fingerprint density at radius 1 is 1.22 bits per heavy atom. The number of benzene rings is 1. The van der Waals surface area contributed by atoms with Crippen LogP contribution in [0.2, 0.25) is 0 Å². The lowest BCUT2D eigenvalue weighted by Gasteiger charge is -2.34. The number of fused-ring (bicyclic) bond motifs is 1. The lowest BCUT2D eigenvalue weighted by atomic mass is 10.2. The van der Waals surface area contributed by atoms with Gasteiger partial charge >= 0.3 is 0 Å². The molecule has 0 radical (unpaired) electrons. The number of oxazole rings is 1. The molecule has 0 bridgehead atoms. The van der Waals surface area contributed by atoms with Gasteiger partial charge in [-0.2, -0.15) is 4.31 Å². The average Bonchev–Trinajstić information content (AvgIpc) is 3.01. The number of nitrogens with zero attached hydrogens (tertiary/aromatic N) is 3. The molecular weight excluding hydrogens is 318 g/mol. The van der Waals surface area contributed by atoms with Crippen molar-refractivity contribution >= 4 is 27.0 Å². The number of rotatable bonds is 3. The molecule has 23 heavy (non-hydrogen) atoms. The minimum atomic E-state index is -3.59. The Bertz CT molecular complexity index is 820. The summed E-state index contributed by atoms with van der Waals surface area (Å²) < 4.78 is 32.0. The third kappa shape index (κ3) is 2.96. The van der Waals surface area contributed by atoms with E-state index in [4.69, 9.17) is 4.42 Å². The third-order valence-corrected chi connectivity index (χ3v) is 5.88. The van der Waals surface area contributed by atoms with Gasteiger partial charge in [-0.05, 0) is 12.1 Å². The monoisotopic (exact) mass is 337 g/mol. The lowest BCUT2D eigenvalue weighted by molar-refractivity contribution is -0.135. The summed E-state index contributed by atoms with van der Waals surface area (Å²) in [5.74, 6) is -0.0165. The zero-order valence-corrected chi connectivity index (χ0v) is 13.9. The van der Waals surface area contributed by atoms with Crippen LogP contribution in [0, 0.1) is 5.92 Å². The first-order valence-corrected chi connectivity index (χ1v) is 8.96. The number of carbonyl (C=O) groups excluding carboxylic acids is 1. The van der Waals surface area contributed by atoms with Crippen molar-refractivity contribution in [1.82, 2.24) is 14.2 Å². The molecule has 0 unspecified atom stereocenters. The van der Waals surface area contributed by atoms with Crippen molar-refractivity contribution in [2.75, 3.05) is 26.2 Å². The summed E-state index contributed by atoms with van der Waals surface area (Å²) in [4.78, 5) is 17.9. The van der Waals surface area contributed by atoms with Crippen molar-refractivity contribution in [3.63, 3.8) is 0 Å². The highest BCUT2D eigenvalue weighted by Crippen LogP contribution is 2.22. The van der Waals surface area contributed by atoms with Crippen LogP contribution < -0.4 is 0 Å². The summed E-state index contributed by atoms with van der Waals surface area (Å²) in [5.41, 5.74) is 1.07. The molecule has 0 atom stereocenters. The zero-order valence-electron chi connectivity index (χ0n) is 13.1. The Labute approximate surface area is 134 Å². The zero-order chi connectivity index (χ0) is 16.6. The Morgan fingerprint density at radius 3 is 2.57 bits per heavy atom. The van der Waals surface area contributed by atoms with Crippen LogP contribution in [-0.2, 0) is 14.8 Å². The van der Waals surface area contributed by atoms with Gasteiger partial charge in [-0.25, -0.2) is 13.4 Å². The minimum absolute atomic E-state index is 0.0603. The highest BCUT2D eigenvalue weighted by atomic mass is 32.2. The second kappa shape index (κ2) is 5.93. The summed E-state index contributed by atoms with van der Waals surface area (Å²) in [6.07, 6.45) is 1.29. The molecule has 1 aliphatic rings. The molecule has 2 heterocycles. The number of hydrogen-bond donors (Lipinski definition) is 0. The van der Waals surface area contributed by atoms with Crippen LogP contribution in [0.1, 0.15) is 13.8 Å². The van der Waals surface area contributed by atoms with Crippen LogP contribution in [0.5, 0.6) is 0 Å². The Morgan fingerprint density at radius 2 is 1.91 bits per heavy atom. The first-order valence-electron chi connectivity index (χ1n) is 7.52. The fourth-order valence-electron chi connectivity index (χ4n) is 2.66. The molecule has 3 rings (SSSR count). The highest BCUT2D eigenvalue weighted by Gasteiger charge is 2.31. The summed E-state index contributed by atoms with van der Waals surface area (Å²) in [6.45, 7) is 5.13. The quantitative estimate of drug-likeness (QED) is 0.843. The third-order valence-electron chi connectivity index (χ3n) is 3.98. The summed E-state index contributed by atoms with van der Waals surface area (Å²) in [6, 6.07) is 4.65. The molecular formula is C15H19N3O4S. The van der Waals surface area contributed by atoms with E-state index in [2.05, 4.69) is 4.98 Å². The van der Waals surface area contributed by atoms with Gasteiger partial charge in [0.05, 0.1) is 4.90 Å². The maximum absolute atomic E-state index is 12.7. The van der Waals surface area contributed by atoms with Crippen LogP contribution in [0.25, 0.3) is 11.1 Å². The Balaban J connectivity index is 1.77. The van der Waals surface area contributed by atoms with Crippen molar-refractivity contribution < 1.29 is 17.6 Å². The topological polar surface area (TPSA) is 83.7 Å². The average molecular weight is 337 g/mol. The van der Waals surface area contributed by atoms with Gasteiger partial charge in [-0.1, -0.05) is 13.8 Å². The van der Waals surface area contributed by atoms with E-state index < -0.39 is 10.0 Å². The number of piperazine rings is 1. The Kier molecular flexibility index (Phi) is 4.11. The molecule has 0 saturated carbocycles. The standard InChI is InChI=1S/C15H19N3O4S/c1-11(2)15(19)17-5-7-18(8-6-17)23(20,21)12-3-4-13-14(9-12)22-10-16-13/h3-4,9-11H,5-8H2,1-2H3. The van der Waals surface area contributed by atoms with E-state index in [1.54, 1.807) is 11.0 Å². The molecule has 0 spiro atoms. The van der Waals surface area contributed by atoms with Crippen molar-refractivity contribution in [3.8, 4) is 0 Å². The molecule has 8 heteroatoms. The van der Waals surface area contributed by atoms with Crippen LogP contribution in [0.15, 0.2) is 33.9 Å². The fraction of sp³-hybridized carbons (Fsp3) is 0.467. The van der Waals surface area contributed by atoms with E-state index in [9.17, 15) is 13.2 Å². The van der Waals surface area contributed by atoms with Crippen LogP contribution in [-0.4, -0.2) is 54.7 Å². The van der Waals surface area contributed by atoms with Crippen LogP contribution in [0.4, 0.5) is 0 Å². The van der Waals surface area contributed by atoms with Gasteiger partial charge in [-0.15, -0.1) is 0 Å². The molecule has 1 amide bonds. The molecule has 1 aliphatic heterocycles. The van der Waals surface area contributed by atoms with Gasteiger partial charge < -0.3 is 9.32 Å². The largest absolute Gasteiger partial charge is 0.443 e. The molecule has 1 saturated heterocycles. The number of aromatic nitrogens is 1. The van der Waals surface area contributed by atoms with Gasteiger partial charge in [0, 0.05) is 38.2 Å². The summed E-state index contributed by atoms with van der Waals surface area (Å²) in [7, 11) is -3.59. The highest BCUT2D eigenvalue weighted by molar-refractivity contribution is 7.89. The lowest BCUT2D eigenvalue weighted by Crippen LogP contribution is -2.51. The first-order chi connectivity index (χ1) is 10.9. The number of sulfonamides is 1. The van der Waals surface area contributed by atoms with E-state index in [1.807, 2.05) is 13.8 Å². The maximum atomic E-state index is 12.7. The van der Waals surface area contributed by atoms with E-state index in [0.29, 0.717) is 37.3 Å². The summed E-state index contributed by atoms with van der Waals surface area (Å²) in [5, 5.41) is 0. The molecule has 1 aromatic carbocycles. The number of carbonyl (C=O) groups is 1. The van der Waals surface area contributed by atoms with Crippen molar-refractivity contribution in [1.29, 1.82) is 0 Å². The van der Waals surface area contributed by atoms with E-state index in [1.165, 1.54) is 22.8 Å². The molecule has 0 N–H and O–H groups in total. The number of hydrogen-bond acceptors (Lipinski definition) is 5. The second-order valence-corrected chi connectivity index (χ2v) is 7.80. The normalized spacial score (nSPS) is 17.1. The van der Waals surface area contributed by atoms with Crippen LogP contribution >= 0.6 is 0 Å². The fourth-order valence-corrected chi connectivity index (χ4v) is 4.10. The number of amides is 1. The predicted molar refractivity (Wildman–Crippen MR) is 84.2 cm³/mol. The molecule has 1 fully saturated rings. The Hall–Kier alpha value is -1.93. The van der Waals surface area contributed by atoms with E-state index in [-0.39, 0.29) is 16.7 Å². The van der Waals surface area contributed by atoms with Gasteiger partial charge in [0.15, 0.2) is 12.0 Å². The predicted octanol–water partition coefficient (Wildman–Crippen LogP) is 1.32. The second-order valence-electron chi connectivity index (χ2n) is 5.87. The maximum Gasteiger partial charge on any atom is 0.243 e. The van der Waals surface area contributed by atoms with Gasteiger partial charge in [0.25, 0.3) is 0 Å². The smallest absolute Gasteiger partial charge is 0.243 e. The van der Waals surface area contributed by atoms with E-state index in [0.717, 1.165) is 0 Å². The molecule has 2 aromatic rings. The van der Waals surface area contributed by atoms with Gasteiger partial charge in [0.1, 0.15) is 5.52 Å². The molecule has 1 aromatic heterocycles.